The number of aryl methyl sites for hydroxylation is 1. The number of hydrogen-bond donors (Lipinski definition) is 0. The Labute approximate surface area is 207 Å². The third kappa shape index (κ3) is 4.00. The third-order valence-electron chi connectivity index (χ3n) is 7.03. The maximum Gasteiger partial charge on any atom is 0.282 e. The summed E-state index contributed by atoms with van der Waals surface area (Å²) in [4.78, 5) is 36.1. The van der Waals surface area contributed by atoms with Gasteiger partial charge in [0, 0.05) is 80.4 Å². The molecule has 0 saturated carbocycles. The van der Waals surface area contributed by atoms with E-state index in [0.29, 0.717) is 29.7 Å². The SMILES string of the molecule is Cn1nc(-c2ccccc2)c2cc(C(=O)N3CC(N4CCN(C(=O)c5nccs5)CC4)C3)ccc21. The summed E-state index contributed by atoms with van der Waals surface area (Å²) in [6, 6.07) is 16.3. The monoisotopic (exact) mass is 486 g/mol. The lowest BCUT2D eigenvalue weighted by Crippen LogP contribution is -2.64. The molecule has 0 N–H and O–H groups in total. The molecule has 6 rings (SSSR count). The molecule has 2 aromatic carbocycles. The van der Waals surface area contributed by atoms with Gasteiger partial charge in [-0.1, -0.05) is 30.3 Å². The van der Waals surface area contributed by atoms with Crippen LogP contribution in [-0.2, 0) is 7.05 Å². The quantitative estimate of drug-likeness (QED) is 0.443. The number of amides is 2. The molecule has 2 aliphatic rings. The van der Waals surface area contributed by atoms with Crippen molar-refractivity contribution in [2.24, 2.45) is 7.05 Å². The second kappa shape index (κ2) is 8.90. The number of fused-ring (bicyclic) bond motifs is 1. The Morgan fingerprint density at radius 2 is 1.71 bits per heavy atom. The van der Waals surface area contributed by atoms with E-state index in [1.54, 1.807) is 6.20 Å². The number of carbonyl (C=O) groups excluding carboxylic acids is 2. The van der Waals surface area contributed by atoms with Gasteiger partial charge in [0.2, 0.25) is 0 Å². The van der Waals surface area contributed by atoms with Crippen molar-refractivity contribution in [2.75, 3.05) is 39.3 Å². The molecule has 2 fully saturated rings. The number of carbonyl (C=O) groups is 2. The average Bonchev–Trinajstić information content (AvgIpc) is 3.52. The first kappa shape index (κ1) is 21.9. The predicted molar refractivity (Wildman–Crippen MR) is 135 cm³/mol. The van der Waals surface area contributed by atoms with Crippen molar-refractivity contribution in [1.82, 2.24) is 29.5 Å². The molecule has 35 heavy (non-hydrogen) atoms. The number of nitrogens with zero attached hydrogens (tertiary/aromatic N) is 6. The van der Waals surface area contributed by atoms with Gasteiger partial charge in [-0.3, -0.25) is 19.2 Å². The molecular formula is C26H26N6O2S. The fourth-order valence-electron chi connectivity index (χ4n) is 5.00. The van der Waals surface area contributed by atoms with Gasteiger partial charge in [0.05, 0.1) is 5.52 Å². The number of rotatable bonds is 4. The van der Waals surface area contributed by atoms with Crippen molar-refractivity contribution < 1.29 is 9.59 Å². The normalized spacial score (nSPS) is 17.1. The zero-order chi connectivity index (χ0) is 23.9. The standard InChI is InChI=1S/C26H26N6O2S/c1-29-22-8-7-19(15-21(22)23(28-29)18-5-3-2-4-6-18)25(33)32-16-20(17-32)30-10-12-31(13-11-30)26(34)24-27-9-14-35-24/h2-9,14-15,20H,10-13,16-17H2,1H3. The predicted octanol–water partition coefficient (Wildman–Crippen LogP) is 2.98. The fraction of sp³-hybridized carbons (Fsp3) is 0.308. The molecule has 2 aromatic heterocycles. The lowest BCUT2D eigenvalue weighted by Gasteiger charge is -2.48. The smallest absolute Gasteiger partial charge is 0.282 e. The minimum absolute atomic E-state index is 0.0192. The van der Waals surface area contributed by atoms with Gasteiger partial charge in [-0.15, -0.1) is 11.3 Å². The highest BCUT2D eigenvalue weighted by Gasteiger charge is 2.37. The Morgan fingerprint density at radius 3 is 2.43 bits per heavy atom. The van der Waals surface area contributed by atoms with E-state index in [9.17, 15) is 9.59 Å². The van der Waals surface area contributed by atoms with E-state index >= 15 is 0 Å². The van der Waals surface area contributed by atoms with Crippen LogP contribution in [0.2, 0.25) is 0 Å². The highest BCUT2D eigenvalue weighted by atomic mass is 32.1. The molecule has 2 aliphatic heterocycles. The first-order chi connectivity index (χ1) is 17.1. The van der Waals surface area contributed by atoms with E-state index in [0.717, 1.165) is 48.3 Å². The molecule has 2 saturated heterocycles. The maximum atomic E-state index is 13.2. The average molecular weight is 487 g/mol. The van der Waals surface area contributed by atoms with E-state index in [1.807, 2.05) is 75.4 Å². The van der Waals surface area contributed by atoms with Gasteiger partial charge in [0.15, 0.2) is 5.01 Å². The Bertz CT molecular complexity index is 1370. The molecule has 4 aromatic rings. The topological polar surface area (TPSA) is 74.6 Å². The van der Waals surface area contributed by atoms with E-state index in [4.69, 9.17) is 5.10 Å². The van der Waals surface area contributed by atoms with Crippen molar-refractivity contribution in [3.8, 4) is 11.3 Å². The molecule has 8 nitrogen and oxygen atoms in total. The van der Waals surface area contributed by atoms with Gasteiger partial charge < -0.3 is 9.80 Å². The second-order valence-corrected chi connectivity index (χ2v) is 9.99. The number of likely N-dealkylation sites (tertiary alicyclic amines) is 1. The van der Waals surface area contributed by atoms with E-state index in [1.165, 1.54) is 11.3 Å². The van der Waals surface area contributed by atoms with Gasteiger partial charge in [-0.25, -0.2) is 4.98 Å². The molecule has 0 spiro atoms. The largest absolute Gasteiger partial charge is 0.335 e. The molecule has 0 aliphatic carbocycles. The van der Waals surface area contributed by atoms with Crippen molar-refractivity contribution in [3.05, 3.63) is 70.7 Å². The Kier molecular flexibility index (Phi) is 5.58. The van der Waals surface area contributed by atoms with Crippen molar-refractivity contribution in [1.29, 1.82) is 0 Å². The molecule has 0 radical (unpaired) electrons. The summed E-state index contributed by atoms with van der Waals surface area (Å²) in [5.74, 6) is 0.0781. The van der Waals surface area contributed by atoms with Crippen LogP contribution in [0.3, 0.4) is 0 Å². The summed E-state index contributed by atoms with van der Waals surface area (Å²) in [6.07, 6.45) is 1.67. The van der Waals surface area contributed by atoms with Crippen molar-refractivity contribution in [3.63, 3.8) is 0 Å². The summed E-state index contributed by atoms with van der Waals surface area (Å²) in [7, 11) is 1.93. The molecule has 0 bridgehead atoms. The molecular weight excluding hydrogens is 460 g/mol. The Hall–Kier alpha value is -3.56. The van der Waals surface area contributed by atoms with E-state index in [-0.39, 0.29) is 11.8 Å². The van der Waals surface area contributed by atoms with Crippen molar-refractivity contribution in [2.45, 2.75) is 6.04 Å². The van der Waals surface area contributed by atoms with Gasteiger partial charge in [0.1, 0.15) is 5.69 Å². The van der Waals surface area contributed by atoms with Gasteiger partial charge in [0.25, 0.3) is 11.8 Å². The minimum Gasteiger partial charge on any atom is -0.335 e. The summed E-state index contributed by atoms with van der Waals surface area (Å²) >= 11 is 1.38. The maximum absolute atomic E-state index is 13.2. The zero-order valence-corrected chi connectivity index (χ0v) is 20.3. The van der Waals surface area contributed by atoms with Crippen LogP contribution < -0.4 is 0 Å². The first-order valence-corrected chi connectivity index (χ1v) is 12.7. The van der Waals surface area contributed by atoms with E-state index < -0.39 is 0 Å². The second-order valence-electron chi connectivity index (χ2n) is 9.10. The summed E-state index contributed by atoms with van der Waals surface area (Å²) in [6.45, 7) is 4.48. The van der Waals surface area contributed by atoms with Gasteiger partial charge in [-0.05, 0) is 18.2 Å². The molecule has 0 unspecified atom stereocenters. The van der Waals surface area contributed by atoms with Gasteiger partial charge >= 0.3 is 0 Å². The van der Waals surface area contributed by atoms with Gasteiger partial charge in [-0.2, -0.15) is 5.10 Å². The minimum atomic E-state index is 0.0192. The zero-order valence-electron chi connectivity index (χ0n) is 19.5. The third-order valence-corrected chi connectivity index (χ3v) is 7.79. The summed E-state index contributed by atoms with van der Waals surface area (Å²) < 4.78 is 1.87. The van der Waals surface area contributed by atoms with Crippen molar-refractivity contribution >= 4 is 34.1 Å². The Morgan fingerprint density at radius 1 is 0.943 bits per heavy atom. The molecule has 178 valence electrons. The van der Waals surface area contributed by atoms with Crippen LogP contribution in [0, 0.1) is 0 Å². The number of piperazine rings is 1. The highest BCUT2D eigenvalue weighted by Crippen LogP contribution is 2.29. The first-order valence-electron chi connectivity index (χ1n) is 11.8. The number of thiazole rings is 1. The molecule has 2 amide bonds. The highest BCUT2D eigenvalue weighted by molar-refractivity contribution is 7.11. The van der Waals surface area contributed by atoms with Crippen LogP contribution in [0.15, 0.2) is 60.1 Å². The molecule has 0 atom stereocenters. The molecule has 4 heterocycles. The van der Waals surface area contributed by atoms with Crippen LogP contribution in [0.5, 0.6) is 0 Å². The van der Waals surface area contributed by atoms with Crippen LogP contribution >= 0.6 is 11.3 Å². The lowest BCUT2D eigenvalue weighted by molar-refractivity contribution is 0.00854. The fourth-order valence-corrected chi connectivity index (χ4v) is 5.60. The van der Waals surface area contributed by atoms with Crippen LogP contribution in [0.4, 0.5) is 0 Å². The summed E-state index contributed by atoms with van der Waals surface area (Å²) in [5, 5.41) is 8.08. The number of hydrogen-bond acceptors (Lipinski definition) is 6. The lowest BCUT2D eigenvalue weighted by atomic mass is 10.0. The van der Waals surface area contributed by atoms with E-state index in [2.05, 4.69) is 9.88 Å². The molecule has 9 heteroatoms. The Balaban J connectivity index is 1.10. The number of aromatic nitrogens is 3. The number of benzene rings is 2. The van der Waals surface area contributed by atoms with Crippen LogP contribution in [0.25, 0.3) is 22.2 Å². The summed E-state index contributed by atoms with van der Waals surface area (Å²) in [5.41, 5.74) is 3.63. The van der Waals surface area contributed by atoms with Crippen LogP contribution in [0.1, 0.15) is 20.2 Å². The van der Waals surface area contributed by atoms with Crippen LogP contribution in [-0.4, -0.2) is 86.6 Å².